The van der Waals surface area contributed by atoms with Gasteiger partial charge >= 0.3 is 0 Å². The lowest BCUT2D eigenvalue weighted by molar-refractivity contribution is 0.0265. The first-order chi connectivity index (χ1) is 14.4. The van der Waals surface area contributed by atoms with Crippen LogP contribution in [0.4, 0.5) is 0 Å². The van der Waals surface area contributed by atoms with Crippen molar-refractivity contribution in [1.82, 2.24) is 4.90 Å². The van der Waals surface area contributed by atoms with E-state index < -0.39 is 0 Å². The second kappa shape index (κ2) is 8.27. The van der Waals surface area contributed by atoms with Crippen LogP contribution in [0.15, 0.2) is 78.6 Å². The lowest BCUT2D eigenvalue weighted by atomic mass is 9.92. The largest absolute Gasteiger partial charge is 0.458 e. The van der Waals surface area contributed by atoms with E-state index in [4.69, 9.17) is 9.47 Å². The molecule has 0 aromatic heterocycles. The van der Waals surface area contributed by atoms with E-state index in [1.165, 1.54) is 27.8 Å². The minimum Gasteiger partial charge on any atom is -0.458 e. The predicted molar refractivity (Wildman–Crippen MR) is 123 cm³/mol. The van der Waals surface area contributed by atoms with Crippen molar-refractivity contribution in [2.75, 3.05) is 7.05 Å². The van der Waals surface area contributed by atoms with Gasteiger partial charge in [0.2, 0.25) is 0 Å². The fourth-order valence-electron chi connectivity index (χ4n) is 4.14. The first-order valence-corrected chi connectivity index (χ1v) is 10.4. The van der Waals surface area contributed by atoms with Crippen LogP contribution in [0.25, 0.3) is 11.6 Å². The van der Waals surface area contributed by atoms with Gasteiger partial charge in [-0.15, -0.1) is 0 Å². The highest BCUT2D eigenvalue weighted by Gasteiger charge is 2.21. The Balaban J connectivity index is 1.72. The summed E-state index contributed by atoms with van der Waals surface area (Å²) in [6, 6.07) is 15.3. The Morgan fingerprint density at radius 2 is 1.70 bits per heavy atom. The van der Waals surface area contributed by atoms with Crippen molar-refractivity contribution in [1.29, 1.82) is 0 Å². The summed E-state index contributed by atoms with van der Waals surface area (Å²) >= 11 is 0. The first kappa shape index (κ1) is 20.1. The molecule has 154 valence electrons. The molecule has 0 spiro atoms. The smallest absolute Gasteiger partial charge is 0.285 e. The number of allylic oxidation sites excluding steroid dienone is 3. The molecule has 2 aromatic rings. The molecule has 2 aliphatic heterocycles. The van der Waals surface area contributed by atoms with E-state index in [0.29, 0.717) is 5.95 Å². The Hall–Kier alpha value is -3.20. The van der Waals surface area contributed by atoms with E-state index in [-0.39, 0.29) is 12.1 Å². The maximum atomic E-state index is 5.87. The molecule has 2 heterocycles. The van der Waals surface area contributed by atoms with Gasteiger partial charge in [-0.25, -0.2) is 0 Å². The van der Waals surface area contributed by atoms with Crippen molar-refractivity contribution in [2.45, 2.75) is 39.8 Å². The molecule has 2 aliphatic rings. The van der Waals surface area contributed by atoms with Crippen molar-refractivity contribution in [3.05, 3.63) is 106 Å². The minimum absolute atomic E-state index is 0.00788. The van der Waals surface area contributed by atoms with E-state index in [1.54, 1.807) is 0 Å². The Kier molecular flexibility index (Phi) is 5.54. The van der Waals surface area contributed by atoms with Crippen molar-refractivity contribution in [2.24, 2.45) is 0 Å². The maximum Gasteiger partial charge on any atom is 0.285 e. The number of nitrogens with zero attached hydrogens (tertiary/aromatic N) is 1. The molecule has 3 nitrogen and oxygen atoms in total. The minimum atomic E-state index is 0.00788. The number of aryl methyl sites for hydroxylation is 2. The molecule has 4 rings (SSSR count). The van der Waals surface area contributed by atoms with Gasteiger partial charge in [-0.3, -0.25) is 0 Å². The zero-order valence-electron chi connectivity index (χ0n) is 18.3. The van der Waals surface area contributed by atoms with E-state index in [1.807, 2.05) is 26.0 Å². The van der Waals surface area contributed by atoms with Crippen molar-refractivity contribution < 1.29 is 9.47 Å². The van der Waals surface area contributed by atoms with Crippen LogP contribution in [0.1, 0.15) is 47.7 Å². The predicted octanol–water partition coefficient (Wildman–Crippen LogP) is 6.52. The van der Waals surface area contributed by atoms with Gasteiger partial charge in [-0.1, -0.05) is 53.6 Å². The second-order valence-corrected chi connectivity index (χ2v) is 8.22. The van der Waals surface area contributed by atoms with Gasteiger partial charge in [-0.2, -0.15) is 0 Å². The Morgan fingerprint density at radius 3 is 2.43 bits per heavy atom. The number of hydrogen-bond acceptors (Lipinski definition) is 3. The van der Waals surface area contributed by atoms with Gasteiger partial charge in [0.05, 0.1) is 6.04 Å². The molecule has 0 saturated carbocycles. The van der Waals surface area contributed by atoms with Gasteiger partial charge in [0.25, 0.3) is 5.95 Å². The van der Waals surface area contributed by atoms with Crippen molar-refractivity contribution in [3.63, 3.8) is 0 Å². The number of hydrogen-bond donors (Lipinski definition) is 0. The van der Waals surface area contributed by atoms with Gasteiger partial charge in [0.1, 0.15) is 11.9 Å². The number of rotatable bonds is 3. The third-order valence-electron chi connectivity index (χ3n) is 5.44. The summed E-state index contributed by atoms with van der Waals surface area (Å²) in [6.45, 7) is 8.27. The number of ether oxygens (including phenoxy) is 2. The maximum absolute atomic E-state index is 5.87. The molecule has 2 unspecified atom stereocenters. The molecule has 0 fully saturated rings. The number of benzene rings is 2. The van der Waals surface area contributed by atoms with Crippen LogP contribution in [0.2, 0.25) is 0 Å². The normalized spacial score (nSPS) is 22.3. The molecule has 0 saturated heterocycles. The molecule has 0 amide bonds. The van der Waals surface area contributed by atoms with Crippen molar-refractivity contribution in [3.8, 4) is 0 Å². The summed E-state index contributed by atoms with van der Waals surface area (Å²) in [4.78, 5) is 2.24. The van der Waals surface area contributed by atoms with Crippen LogP contribution in [0.5, 0.6) is 0 Å². The SMILES string of the molecule is CC1=CC(C)O/C(=C\c2ccccc2C2C=C(c3cc(C)cc(C)c3)C=CN2C)O1. The van der Waals surface area contributed by atoms with Crippen LogP contribution in [0.3, 0.4) is 0 Å². The fraction of sp³-hybridized carbons (Fsp3) is 0.259. The van der Waals surface area contributed by atoms with E-state index >= 15 is 0 Å². The van der Waals surface area contributed by atoms with E-state index in [2.05, 4.69) is 86.6 Å². The molecule has 0 bridgehead atoms. The van der Waals surface area contributed by atoms with Crippen LogP contribution >= 0.6 is 0 Å². The van der Waals surface area contributed by atoms with Gasteiger partial charge in [0, 0.05) is 19.3 Å². The topological polar surface area (TPSA) is 21.7 Å². The molecule has 3 heteroatoms. The zero-order valence-corrected chi connectivity index (χ0v) is 18.3. The second-order valence-electron chi connectivity index (χ2n) is 8.22. The molecule has 0 radical (unpaired) electrons. The van der Waals surface area contributed by atoms with Gasteiger partial charge in [-0.05, 0) is 68.2 Å². The van der Waals surface area contributed by atoms with Gasteiger partial charge in [0.15, 0.2) is 0 Å². The van der Waals surface area contributed by atoms with E-state index in [9.17, 15) is 0 Å². The van der Waals surface area contributed by atoms with Crippen LogP contribution < -0.4 is 0 Å². The summed E-state index contributed by atoms with van der Waals surface area (Å²) in [5.74, 6) is 1.41. The lowest BCUT2D eigenvalue weighted by Gasteiger charge is -2.30. The molecule has 0 N–H and O–H groups in total. The summed E-state index contributed by atoms with van der Waals surface area (Å²) in [7, 11) is 2.11. The van der Waals surface area contributed by atoms with Gasteiger partial charge < -0.3 is 14.4 Å². The average Bonchev–Trinajstić information content (AvgIpc) is 2.67. The summed E-state index contributed by atoms with van der Waals surface area (Å²) < 4.78 is 11.7. The Morgan fingerprint density at radius 1 is 0.967 bits per heavy atom. The highest BCUT2D eigenvalue weighted by atomic mass is 16.7. The highest BCUT2D eigenvalue weighted by Crippen LogP contribution is 2.34. The summed E-state index contributed by atoms with van der Waals surface area (Å²) in [6.07, 6.45) is 10.7. The Labute approximate surface area is 179 Å². The van der Waals surface area contributed by atoms with Crippen LogP contribution in [-0.2, 0) is 9.47 Å². The average molecular weight is 400 g/mol. The third kappa shape index (κ3) is 4.35. The highest BCUT2D eigenvalue weighted by molar-refractivity contribution is 5.76. The molecule has 30 heavy (non-hydrogen) atoms. The first-order valence-electron chi connectivity index (χ1n) is 10.4. The van der Waals surface area contributed by atoms with Crippen molar-refractivity contribution >= 4 is 11.6 Å². The molecule has 2 atom stereocenters. The quantitative estimate of drug-likeness (QED) is 0.586. The van der Waals surface area contributed by atoms with Crippen LogP contribution in [-0.4, -0.2) is 18.1 Å². The monoisotopic (exact) mass is 399 g/mol. The summed E-state index contributed by atoms with van der Waals surface area (Å²) in [5.41, 5.74) is 7.37. The third-order valence-corrected chi connectivity index (χ3v) is 5.44. The Bertz CT molecular complexity index is 1050. The fourth-order valence-corrected chi connectivity index (χ4v) is 4.14. The molecule has 2 aromatic carbocycles. The van der Waals surface area contributed by atoms with Crippen LogP contribution in [0, 0.1) is 13.8 Å². The van der Waals surface area contributed by atoms with E-state index in [0.717, 1.165) is 11.3 Å². The molecule has 0 aliphatic carbocycles. The summed E-state index contributed by atoms with van der Waals surface area (Å²) in [5, 5.41) is 0. The standard InChI is InChI=1S/C27H29NO2/c1-18-12-19(2)14-24(13-18)22-10-11-28(5)26(16-22)25-9-7-6-8-23(25)17-27-29-20(3)15-21(4)30-27/h6-17,20,26H,1-5H3/b27-17+. The molecular weight excluding hydrogens is 370 g/mol. The lowest BCUT2D eigenvalue weighted by Crippen LogP contribution is -2.21. The number of likely N-dealkylation sites (N-methyl/N-ethyl adjacent to an activating group) is 1. The zero-order chi connectivity index (χ0) is 21.3. The molecular formula is C27H29NO2.